The monoisotopic (exact) mass is 386 g/mol. The number of carbonyl (C=O) groups is 2. The summed E-state index contributed by atoms with van der Waals surface area (Å²) in [6, 6.07) is 7.35. The average molecular weight is 386 g/mol. The van der Waals surface area contributed by atoms with Crippen molar-refractivity contribution < 1.29 is 27.8 Å². The summed E-state index contributed by atoms with van der Waals surface area (Å²) >= 11 is 0. The van der Waals surface area contributed by atoms with Crippen LogP contribution < -0.4 is 10.6 Å². The fourth-order valence-electron chi connectivity index (χ4n) is 2.22. The molecule has 6 nitrogen and oxygen atoms in total. The highest BCUT2D eigenvalue weighted by Gasteiger charge is 2.40. The minimum atomic E-state index is -3.21. The lowest BCUT2D eigenvalue weighted by Gasteiger charge is -2.29. The first kappa shape index (κ1) is 22.7. The van der Waals surface area contributed by atoms with Gasteiger partial charge in [-0.15, -0.1) is 0 Å². The van der Waals surface area contributed by atoms with Gasteiger partial charge in [-0.25, -0.2) is 18.4 Å². The van der Waals surface area contributed by atoms with Crippen LogP contribution in [0.25, 0.3) is 0 Å². The molecule has 0 spiro atoms. The van der Waals surface area contributed by atoms with Crippen molar-refractivity contribution in [3.63, 3.8) is 0 Å². The Bertz CT molecular complexity index is 603. The molecule has 0 bridgehead atoms. The number of hydrogen-bond donors (Lipinski definition) is 2. The maximum Gasteiger partial charge on any atom is 0.408 e. The minimum absolute atomic E-state index is 0.0161. The number of benzene rings is 1. The Labute approximate surface area is 158 Å². The predicted molar refractivity (Wildman–Crippen MR) is 97.6 cm³/mol. The number of carbonyl (C=O) groups excluding carboxylic acids is 2. The Hall–Kier alpha value is -2.38. The molecule has 0 aliphatic heterocycles. The van der Waals surface area contributed by atoms with E-state index >= 15 is 0 Å². The molecule has 1 aromatic rings. The van der Waals surface area contributed by atoms with Gasteiger partial charge in [0.05, 0.1) is 0 Å². The summed E-state index contributed by atoms with van der Waals surface area (Å²) in [5.74, 6) is -3.21. The molecule has 0 aromatic heterocycles. The predicted octanol–water partition coefficient (Wildman–Crippen LogP) is 4.24. The first-order chi connectivity index (χ1) is 12.5. The van der Waals surface area contributed by atoms with Crippen molar-refractivity contribution >= 4 is 12.2 Å². The normalized spacial score (nSPS) is 12.8. The third-order valence-corrected chi connectivity index (χ3v) is 3.45. The molecule has 0 aliphatic rings. The first-order valence-electron chi connectivity index (χ1n) is 8.85. The summed E-state index contributed by atoms with van der Waals surface area (Å²) in [4.78, 5) is 23.7. The van der Waals surface area contributed by atoms with Crippen LogP contribution in [-0.2, 0) is 16.1 Å². The van der Waals surface area contributed by atoms with Crippen molar-refractivity contribution in [2.24, 2.45) is 0 Å². The van der Waals surface area contributed by atoms with E-state index in [2.05, 4.69) is 10.6 Å². The molecular formula is C19H28F2N2O4. The molecule has 0 saturated heterocycles. The van der Waals surface area contributed by atoms with Crippen LogP contribution in [0.2, 0.25) is 0 Å². The molecule has 0 unspecified atom stereocenters. The Morgan fingerprint density at radius 1 is 1.11 bits per heavy atom. The number of alkyl halides is 2. The fraction of sp³-hybridized carbons (Fsp3) is 0.579. The summed E-state index contributed by atoms with van der Waals surface area (Å²) in [5, 5.41) is 4.42. The van der Waals surface area contributed by atoms with Crippen molar-refractivity contribution in [2.45, 2.75) is 64.7 Å². The van der Waals surface area contributed by atoms with Gasteiger partial charge in [0.1, 0.15) is 18.2 Å². The highest BCUT2D eigenvalue weighted by Crippen LogP contribution is 2.25. The van der Waals surface area contributed by atoms with Crippen LogP contribution in [0, 0.1) is 0 Å². The van der Waals surface area contributed by atoms with Crippen molar-refractivity contribution in [2.75, 3.05) is 6.54 Å². The second-order valence-corrected chi connectivity index (χ2v) is 7.15. The van der Waals surface area contributed by atoms with Crippen molar-refractivity contribution in [3.8, 4) is 0 Å². The van der Waals surface area contributed by atoms with Gasteiger partial charge in [0.2, 0.25) is 0 Å². The van der Waals surface area contributed by atoms with E-state index in [0.29, 0.717) is 0 Å². The number of ether oxygens (including phenoxy) is 2. The van der Waals surface area contributed by atoms with E-state index in [1.165, 1.54) is 0 Å². The molecule has 0 radical (unpaired) electrons. The summed E-state index contributed by atoms with van der Waals surface area (Å²) in [6.07, 6.45) is -2.03. The molecule has 0 saturated carbocycles. The van der Waals surface area contributed by atoms with Crippen LogP contribution >= 0.6 is 0 Å². The van der Waals surface area contributed by atoms with Crippen molar-refractivity contribution in [1.29, 1.82) is 0 Å². The van der Waals surface area contributed by atoms with Gasteiger partial charge >= 0.3 is 12.2 Å². The van der Waals surface area contributed by atoms with Gasteiger partial charge in [-0.3, -0.25) is 0 Å². The van der Waals surface area contributed by atoms with E-state index in [9.17, 15) is 18.4 Å². The molecule has 0 heterocycles. The average Bonchev–Trinajstić information content (AvgIpc) is 2.55. The van der Waals surface area contributed by atoms with Crippen molar-refractivity contribution in [3.05, 3.63) is 35.9 Å². The van der Waals surface area contributed by atoms with Gasteiger partial charge in [-0.2, -0.15) is 0 Å². The first-order valence-corrected chi connectivity index (χ1v) is 8.85. The lowest BCUT2D eigenvalue weighted by Crippen LogP contribution is -2.54. The zero-order valence-electron chi connectivity index (χ0n) is 16.2. The molecule has 2 amide bonds. The molecule has 1 rings (SSSR count). The summed E-state index contributed by atoms with van der Waals surface area (Å²) in [6.45, 7) is 6.03. The number of alkyl carbamates (subject to hydrolysis) is 2. The molecule has 1 atom stereocenters. The smallest absolute Gasteiger partial charge is 0.408 e. The van der Waals surface area contributed by atoms with E-state index in [4.69, 9.17) is 9.47 Å². The zero-order chi connectivity index (χ0) is 20.5. The zero-order valence-corrected chi connectivity index (χ0v) is 16.2. The maximum atomic E-state index is 14.3. The molecule has 27 heavy (non-hydrogen) atoms. The number of halogens is 2. The second kappa shape index (κ2) is 10.1. The van der Waals surface area contributed by atoms with Gasteiger partial charge in [0, 0.05) is 13.0 Å². The second-order valence-electron chi connectivity index (χ2n) is 7.15. The minimum Gasteiger partial charge on any atom is -0.445 e. The number of nitrogens with one attached hydrogen (secondary N) is 2. The van der Waals surface area contributed by atoms with Crippen molar-refractivity contribution in [1.82, 2.24) is 10.6 Å². The third-order valence-electron chi connectivity index (χ3n) is 3.45. The van der Waals surface area contributed by atoms with Gasteiger partial charge in [0.25, 0.3) is 5.92 Å². The molecule has 8 heteroatoms. The van der Waals surface area contributed by atoms with E-state index in [1.54, 1.807) is 52.0 Å². The lowest BCUT2D eigenvalue weighted by atomic mass is 10.1. The molecule has 152 valence electrons. The number of amides is 2. The molecular weight excluding hydrogens is 358 g/mol. The highest BCUT2D eigenvalue weighted by molar-refractivity contribution is 5.69. The van der Waals surface area contributed by atoms with Crippen LogP contribution in [0.3, 0.4) is 0 Å². The Morgan fingerprint density at radius 2 is 1.74 bits per heavy atom. The summed E-state index contributed by atoms with van der Waals surface area (Å²) < 4.78 is 38.7. The van der Waals surface area contributed by atoms with Gasteiger partial charge in [-0.05, 0) is 26.3 Å². The summed E-state index contributed by atoms with van der Waals surface area (Å²) in [7, 11) is 0. The lowest BCUT2D eigenvalue weighted by molar-refractivity contribution is -0.0474. The number of hydrogen-bond acceptors (Lipinski definition) is 4. The molecule has 0 fully saturated rings. The van der Waals surface area contributed by atoms with Gasteiger partial charge < -0.3 is 20.1 Å². The highest BCUT2D eigenvalue weighted by atomic mass is 19.3. The largest absolute Gasteiger partial charge is 0.445 e. The maximum absolute atomic E-state index is 14.3. The van der Waals surface area contributed by atoms with Crippen LogP contribution in [0.5, 0.6) is 0 Å². The Balaban J connectivity index is 2.62. The van der Waals surface area contributed by atoms with Crippen LogP contribution in [-0.4, -0.2) is 36.3 Å². The van der Waals surface area contributed by atoms with Gasteiger partial charge in [0.15, 0.2) is 0 Å². The summed E-state index contributed by atoms with van der Waals surface area (Å²) in [5.41, 5.74) is -0.0520. The van der Waals surface area contributed by atoms with Gasteiger partial charge in [-0.1, -0.05) is 43.7 Å². The van der Waals surface area contributed by atoms with Crippen LogP contribution in [0.1, 0.15) is 46.1 Å². The topological polar surface area (TPSA) is 76.7 Å². The number of rotatable bonds is 8. The SMILES string of the molecule is CCCC(F)(F)[C@@H](CNC(=O)OCc1ccccc1)NC(=O)OC(C)(C)C. The van der Waals surface area contributed by atoms with E-state index in [0.717, 1.165) is 5.56 Å². The van der Waals surface area contributed by atoms with E-state index in [-0.39, 0.29) is 13.0 Å². The molecule has 0 aliphatic carbocycles. The Kier molecular flexibility index (Phi) is 8.46. The molecule has 2 N–H and O–H groups in total. The van der Waals surface area contributed by atoms with Crippen LogP contribution in [0.15, 0.2) is 30.3 Å². The molecule has 1 aromatic carbocycles. The fourth-order valence-corrected chi connectivity index (χ4v) is 2.22. The standard InChI is InChI=1S/C19H28F2N2O4/c1-5-11-19(20,21)15(23-17(25)27-18(2,3)4)12-22-16(24)26-13-14-9-7-6-8-10-14/h6-10,15H,5,11-13H2,1-4H3,(H,22,24)(H,23,25)/t15-/m1/s1. The quantitative estimate of drug-likeness (QED) is 0.701. The third kappa shape index (κ3) is 9.21. The Morgan fingerprint density at radius 3 is 2.30 bits per heavy atom. The van der Waals surface area contributed by atoms with Crippen LogP contribution in [0.4, 0.5) is 18.4 Å². The van der Waals surface area contributed by atoms with E-state index < -0.39 is 42.7 Å². The van der Waals surface area contributed by atoms with E-state index in [1.807, 2.05) is 6.07 Å².